The van der Waals surface area contributed by atoms with Crippen molar-refractivity contribution in [2.24, 2.45) is 0 Å². The molecular weight excluding hydrogens is 200 g/mol. The first kappa shape index (κ1) is 10.6. The predicted octanol–water partition coefficient (Wildman–Crippen LogP) is 2.71. The maximum atomic E-state index is 5.44. The second kappa shape index (κ2) is 4.75. The van der Waals surface area contributed by atoms with E-state index in [0.29, 0.717) is 5.82 Å². The maximum absolute atomic E-state index is 5.44. The van der Waals surface area contributed by atoms with Crippen molar-refractivity contribution in [3.63, 3.8) is 0 Å². The number of aryl methyl sites for hydroxylation is 1. The van der Waals surface area contributed by atoms with E-state index in [0.717, 1.165) is 17.7 Å². The molecular formula is C13H14N2O. The fraction of sp³-hybridized carbons (Fsp3) is 0.231. The minimum Gasteiger partial charge on any atom is -0.496 e. The van der Waals surface area contributed by atoms with Crippen LogP contribution in [0.15, 0.2) is 36.7 Å². The third-order valence-electron chi connectivity index (χ3n) is 2.49. The summed E-state index contributed by atoms with van der Waals surface area (Å²) in [5.74, 6) is 1.57. The average molecular weight is 214 g/mol. The lowest BCUT2D eigenvalue weighted by atomic mass is 10.1. The molecule has 0 atom stereocenters. The van der Waals surface area contributed by atoms with Crippen LogP contribution in [0.4, 0.5) is 0 Å². The summed E-state index contributed by atoms with van der Waals surface area (Å²) in [6.45, 7) is 2.10. The number of methoxy groups -OCH3 is 1. The third kappa shape index (κ3) is 1.89. The highest BCUT2D eigenvalue weighted by Gasteiger charge is 2.10. The topological polar surface area (TPSA) is 35.0 Å². The molecule has 3 heteroatoms. The Morgan fingerprint density at radius 3 is 2.50 bits per heavy atom. The molecule has 1 heterocycles. The Labute approximate surface area is 95.1 Å². The zero-order valence-corrected chi connectivity index (χ0v) is 9.47. The molecule has 1 aromatic heterocycles. The molecule has 2 aromatic rings. The van der Waals surface area contributed by atoms with Crippen molar-refractivity contribution >= 4 is 0 Å². The highest BCUT2D eigenvalue weighted by Crippen LogP contribution is 2.30. The van der Waals surface area contributed by atoms with E-state index in [2.05, 4.69) is 23.0 Å². The van der Waals surface area contributed by atoms with Gasteiger partial charge in [-0.25, -0.2) is 9.97 Å². The van der Waals surface area contributed by atoms with E-state index in [1.807, 2.05) is 12.1 Å². The highest BCUT2D eigenvalue weighted by molar-refractivity contribution is 5.66. The van der Waals surface area contributed by atoms with Crippen LogP contribution in [0.1, 0.15) is 12.5 Å². The van der Waals surface area contributed by atoms with Crippen molar-refractivity contribution < 1.29 is 4.74 Å². The number of aromatic nitrogens is 2. The van der Waals surface area contributed by atoms with Crippen LogP contribution in [0, 0.1) is 0 Å². The lowest BCUT2D eigenvalue weighted by Crippen LogP contribution is -1.96. The van der Waals surface area contributed by atoms with Crippen LogP contribution in [0.3, 0.4) is 0 Å². The molecule has 0 radical (unpaired) electrons. The highest BCUT2D eigenvalue weighted by atomic mass is 16.5. The number of hydrogen-bond donors (Lipinski definition) is 0. The monoisotopic (exact) mass is 214 g/mol. The van der Waals surface area contributed by atoms with Crippen molar-refractivity contribution in [3.05, 3.63) is 42.2 Å². The minimum atomic E-state index is 0.703. The first-order valence-electron chi connectivity index (χ1n) is 5.30. The van der Waals surface area contributed by atoms with E-state index >= 15 is 0 Å². The summed E-state index contributed by atoms with van der Waals surface area (Å²) in [7, 11) is 1.68. The van der Waals surface area contributed by atoms with Crippen molar-refractivity contribution in [3.8, 4) is 17.1 Å². The molecule has 0 aliphatic rings. The third-order valence-corrected chi connectivity index (χ3v) is 2.49. The Morgan fingerprint density at radius 1 is 1.12 bits per heavy atom. The van der Waals surface area contributed by atoms with E-state index in [9.17, 15) is 0 Å². The molecule has 3 nitrogen and oxygen atoms in total. The Balaban J connectivity index is 2.57. The molecule has 0 unspecified atom stereocenters. The lowest BCUT2D eigenvalue weighted by Gasteiger charge is -2.11. The molecule has 0 spiro atoms. The molecule has 16 heavy (non-hydrogen) atoms. The minimum absolute atomic E-state index is 0.703. The normalized spacial score (nSPS) is 10.1. The molecule has 0 fully saturated rings. The van der Waals surface area contributed by atoms with Gasteiger partial charge in [0.05, 0.1) is 12.7 Å². The summed E-state index contributed by atoms with van der Waals surface area (Å²) in [5, 5.41) is 0. The van der Waals surface area contributed by atoms with E-state index in [4.69, 9.17) is 4.74 Å². The van der Waals surface area contributed by atoms with Gasteiger partial charge in [-0.1, -0.05) is 19.1 Å². The number of ether oxygens (including phenoxy) is 1. The van der Waals surface area contributed by atoms with Crippen LogP contribution in [-0.4, -0.2) is 17.1 Å². The van der Waals surface area contributed by atoms with Gasteiger partial charge in [0.15, 0.2) is 5.82 Å². The van der Waals surface area contributed by atoms with E-state index in [1.54, 1.807) is 25.6 Å². The van der Waals surface area contributed by atoms with Gasteiger partial charge in [0.1, 0.15) is 5.75 Å². The Hall–Kier alpha value is -1.90. The van der Waals surface area contributed by atoms with Gasteiger partial charge in [0, 0.05) is 12.4 Å². The molecule has 1 aromatic carbocycles. The van der Waals surface area contributed by atoms with E-state index in [-0.39, 0.29) is 0 Å². The molecule has 0 saturated carbocycles. The standard InChI is InChI=1S/C13H14N2O/c1-3-10-6-4-7-11(12(10)16-2)13-14-8-5-9-15-13/h4-9H,3H2,1-2H3. The second-order valence-electron chi connectivity index (χ2n) is 3.42. The molecule has 0 saturated heterocycles. The number of hydrogen-bond acceptors (Lipinski definition) is 3. The summed E-state index contributed by atoms with van der Waals surface area (Å²) in [4.78, 5) is 8.48. The number of nitrogens with zero attached hydrogens (tertiary/aromatic N) is 2. The second-order valence-corrected chi connectivity index (χ2v) is 3.42. The van der Waals surface area contributed by atoms with Gasteiger partial charge in [0.2, 0.25) is 0 Å². The van der Waals surface area contributed by atoms with Gasteiger partial charge < -0.3 is 4.74 Å². The van der Waals surface area contributed by atoms with E-state index in [1.165, 1.54) is 5.56 Å². The summed E-state index contributed by atoms with van der Waals surface area (Å²) in [5.41, 5.74) is 2.12. The van der Waals surface area contributed by atoms with Crippen LogP contribution in [0.25, 0.3) is 11.4 Å². The fourth-order valence-electron chi connectivity index (χ4n) is 1.72. The lowest BCUT2D eigenvalue weighted by molar-refractivity contribution is 0.411. The smallest absolute Gasteiger partial charge is 0.162 e. The Morgan fingerprint density at radius 2 is 1.88 bits per heavy atom. The Bertz CT molecular complexity index is 469. The SMILES string of the molecule is CCc1cccc(-c2ncccn2)c1OC. The molecule has 0 aliphatic carbocycles. The van der Waals surface area contributed by atoms with Crippen molar-refractivity contribution in [1.29, 1.82) is 0 Å². The van der Waals surface area contributed by atoms with E-state index < -0.39 is 0 Å². The van der Waals surface area contributed by atoms with Crippen molar-refractivity contribution in [2.45, 2.75) is 13.3 Å². The average Bonchev–Trinajstić information content (AvgIpc) is 2.38. The van der Waals surface area contributed by atoms with Gasteiger partial charge in [-0.2, -0.15) is 0 Å². The largest absolute Gasteiger partial charge is 0.496 e. The molecule has 82 valence electrons. The van der Waals surface area contributed by atoms with Crippen LogP contribution in [-0.2, 0) is 6.42 Å². The number of rotatable bonds is 3. The van der Waals surface area contributed by atoms with Crippen LogP contribution in [0.5, 0.6) is 5.75 Å². The van der Waals surface area contributed by atoms with Gasteiger partial charge in [-0.15, -0.1) is 0 Å². The molecule has 0 bridgehead atoms. The maximum Gasteiger partial charge on any atom is 0.162 e. The first-order valence-corrected chi connectivity index (χ1v) is 5.30. The molecule has 2 rings (SSSR count). The predicted molar refractivity (Wildman–Crippen MR) is 63.4 cm³/mol. The summed E-state index contributed by atoms with van der Waals surface area (Å²) in [6, 6.07) is 7.85. The van der Waals surface area contributed by atoms with Crippen LogP contribution < -0.4 is 4.74 Å². The van der Waals surface area contributed by atoms with Gasteiger partial charge in [-0.3, -0.25) is 0 Å². The van der Waals surface area contributed by atoms with Crippen LogP contribution >= 0.6 is 0 Å². The van der Waals surface area contributed by atoms with Crippen LogP contribution in [0.2, 0.25) is 0 Å². The summed E-state index contributed by atoms with van der Waals surface area (Å²) >= 11 is 0. The number of para-hydroxylation sites is 1. The van der Waals surface area contributed by atoms with Gasteiger partial charge >= 0.3 is 0 Å². The van der Waals surface area contributed by atoms with Gasteiger partial charge in [-0.05, 0) is 24.1 Å². The fourth-order valence-corrected chi connectivity index (χ4v) is 1.72. The Kier molecular flexibility index (Phi) is 3.15. The summed E-state index contributed by atoms with van der Waals surface area (Å²) < 4.78 is 5.44. The molecule has 0 N–H and O–H groups in total. The van der Waals surface area contributed by atoms with Crippen molar-refractivity contribution in [1.82, 2.24) is 9.97 Å². The zero-order valence-electron chi connectivity index (χ0n) is 9.47. The zero-order chi connectivity index (χ0) is 11.4. The summed E-state index contributed by atoms with van der Waals surface area (Å²) in [6.07, 6.45) is 4.41. The first-order chi connectivity index (χ1) is 7.86. The van der Waals surface area contributed by atoms with Gasteiger partial charge in [0.25, 0.3) is 0 Å². The molecule has 0 amide bonds. The quantitative estimate of drug-likeness (QED) is 0.788. The number of benzene rings is 1. The van der Waals surface area contributed by atoms with Crippen molar-refractivity contribution in [2.75, 3.05) is 7.11 Å². The molecule has 0 aliphatic heterocycles.